The summed E-state index contributed by atoms with van der Waals surface area (Å²) >= 11 is 0. The normalized spacial score (nSPS) is 8.79. The molecule has 3 nitrogen and oxygen atoms in total. The molecule has 0 aliphatic rings. The molecule has 14 heavy (non-hydrogen) atoms. The largest absolute Gasteiger partial charge is 0.298 e. The van der Waals surface area contributed by atoms with Crippen molar-refractivity contribution in [2.24, 2.45) is 0 Å². The van der Waals surface area contributed by atoms with E-state index in [0.29, 0.717) is 6.29 Å². The Bertz CT molecular complexity index is 454. The lowest BCUT2D eigenvalue weighted by molar-refractivity contribution is 0.112. The molecule has 0 saturated heterocycles. The Morgan fingerprint density at radius 1 is 1.43 bits per heavy atom. The lowest BCUT2D eigenvalue weighted by Gasteiger charge is -2.03. The van der Waals surface area contributed by atoms with Crippen LogP contribution in [0.4, 0.5) is 4.39 Å². The molecule has 0 unspecified atom stereocenters. The van der Waals surface area contributed by atoms with E-state index in [1.807, 2.05) is 0 Å². The summed E-state index contributed by atoms with van der Waals surface area (Å²) in [5, 5.41) is 17.0. The van der Waals surface area contributed by atoms with Crippen molar-refractivity contribution in [1.82, 2.24) is 0 Å². The molecule has 0 radical (unpaired) electrons. The van der Waals surface area contributed by atoms with Crippen molar-refractivity contribution in [3.8, 4) is 12.1 Å². The van der Waals surface area contributed by atoms with Gasteiger partial charge in [0.05, 0.1) is 24.1 Å². The van der Waals surface area contributed by atoms with E-state index in [2.05, 4.69) is 0 Å². The van der Waals surface area contributed by atoms with Crippen molar-refractivity contribution >= 4 is 6.29 Å². The van der Waals surface area contributed by atoms with Crippen LogP contribution in [-0.4, -0.2) is 6.29 Å². The highest BCUT2D eigenvalue weighted by Crippen LogP contribution is 2.16. The Morgan fingerprint density at radius 3 is 2.64 bits per heavy atom. The lowest BCUT2D eigenvalue weighted by atomic mass is 10.0. The van der Waals surface area contributed by atoms with Crippen LogP contribution < -0.4 is 0 Å². The van der Waals surface area contributed by atoms with Crippen LogP contribution in [0.5, 0.6) is 0 Å². The Labute approximate surface area is 80.0 Å². The lowest BCUT2D eigenvalue weighted by Crippen LogP contribution is -1.99. The van der Waals surface area contributed by atoms with Gasteiger partial charge in [-0.3, -0.25) is 4.79 Å². The third-order valence-electron chi connectivity index (χ3n) is 1.79. The van der Waals surface area contributed by atoms with Crippen LogP contribution in [0.15, 0.2) is 12.1 Å². The van der Waals surface area contributed by atoms with E-state index >= 15 is 0 Å². The second kappa shape index (κ2) is 4.15. The minimum atomic E-state index is -0.632. The summed E-state index contributed by atoms with van der Waals surface area (Å²) in [6, 6.07) is 5.81. The van der Waals surface area contributed by atoms with Crippen molar-refractivity contribution in [2.45, 2.75) is 6.42 Å². The first-order chi connectivity index (χ1) is 6.74. The van der Waals surface area contributed by atoms with Gasteiger partial charge in [0.1, 0.15) is 5.82 Å². The van der Waals surface area contributed by atoms with Gasteiger partial charge in [-0.05, 0) is 12.1 Å². The zero-order valence-electron chi connectivity index (χ0n) is 7.12. The summed E-state index contributed by atoms with van der Waals surface area (Å²) in [5.41, 5.74) is 0.0438. The van der Waals surface area contributed by atoms with Gasteiger partial charge in [0.15, 0.2) is 6.29 Å². The predicted octanol–water partition coefficient (Wildman–Crippen LogP) is 1.58. The third-order valence-corrected chi connectivity index (χ3v) is 1.79. The zero-order chi connectivity index (χ0) is 10.6. The maximum absolute atomic E-state index is 13.1. The van der Waals surface area contributed by atoms with Crippen LogP contribution in [0.1, 0.15) is 21.5 Å². The quantitative estimate of drug-likeness (QED) is 0.661. The molecule has 68 valence electrons. The first-order valence-electron chi connectivity index (χ1n) is 3.78. The maximum atomic E-state index is 13.1. The van der Waals surface area contributed by atoms with Crippen molar-refractivity contribution < 1.29 is 9.18 Å². The maximum Gasteiger partial charge on any atom is 0.151 e. The minimum absolute atomic E-state index is 0.0125. The van der Waals surface area contributed by atoms with Gasteiger partial charge in [-0.2, -0.15) is 10.5 Å². The minimum Gasteiger partial charge on any atom is -0.298 e. The summed E-state index contributed by atoms with van der Waals surface area (Å²) in [6.07, 6.45) is 0.184. The topological polar surface area (TPSA) is 64.7 Å². The van der Waals surface area contributed by atoms with Crippen LogP contribution in [-0.2, 0) is 6.42 Å². The average molecular weight is 188 g/mol. The molecule has 4 heteroatoms. The van der Waals surface area contributed by atoms with E-state index in [0.717, 1.165) is 6.07 Å². The Hall–Kier alpha value is -2.20. The molecule has 0 amide bonds. The van der Waals surface area contributed by atoms with Gasteiger partial charge in [0.25, 0.3) is 0 Å². The van der Waals surface area contributed by atoms with Crippen molar-refractivity contribution in [3.63, 3.8) is 0 Å². The van der Waals surface area contributed by atoms with Gasteiger partial charge in [0, 0.05) is 11.1 Å². The highest BCUT2D eigenvalue weighted by Gasteiger charge is 2.12. The molecule has 0 spiro atoms. The van der Waals surface area contributed by atoms with E-state index in [9.17, 15) is 9.18 Å². The standard InChI is InChI=1S/C10H5FN2O/c11-10-2-1-7(5-13)9(6-14)8(10)3-4-12/h1-2,6H,3H2. The number of carbonyl (C=O) groups is 1. The number of nitriles is 2. The van der Waals surface area contributed by atoms with Gasteiger partial charge in [-0.15, -0.1) is 0 Å². The highest BCUT2D eigenvalue weighted by atomic mass is 19.1. The van der Waals surface area contributed by atoms with E-state index in [4.69, 9.17) is 10.5 Å². The molecular formula is C10H5FN2O. The fraction of sp³-hybridized carbons (Fsp3) is 0.100. The molecule has 0 aliphatic carbocycles. The Balaban J connectivity index is 3.46. The summed E-state index contributed by atoms with van der Waals surface area (Å²) in [6.45, 7) is 0. The SMILES string of the molecule is N#CCc1c(F)ccc(C#N)c1C=O. The molecule has 0 saturated carbocycles. The number of benzene rings is 1. The fourth-order valence-electron chi connectivity index (χ4n) is 1.13. The fourth-order valence-corrected chi connectivity index (χ4v) is 1.13. The van der Waals surface area contributed by atoms with Gasteiger partial charge in [-0.25, -0.2) is 4.39 Å². The van der Waals surface area contributed by atoms with Gasteiger partial charge in [0.2, 0.25) is 0 Å². The smallest absolute Gasteiger partial charge is 0.151 e. The second-order valence-electron chi connectivity index (χ2n) is 2.55. The summed E-state index contributed by atoms with van der Waals surface area (Å²) in [4.78, 5) is 10.6. The molecule has 1 aromatic carbocycles. The van der Waals surface area contributed by atoms with E-state index < -0.39 is 5.82 Å². The van der Waals surface area contributed by atoms with Crippen LogP contribution in [0, 0.1) is 28.5 Å². The predicted molar refractivity (Wildman–Crippen MR) is 45.8 cm³/mol. The van der Waals surface area contributed by atoms with E-state index in [-0.39, 0.29) is 23.1 Å². The molecule has 0 aromatic heterocycles. The van der Waals surface area contributed by atoms with Crippen LogP contribution in [0.2, 0.25) is 0 Å². The summed E-state index contributed by atoms with van der Waals surface area (Å²) in [7, 11) is 0. The molecule has 1 aromatic rings. The molecule has 0 heterocycles. The zero-order valence-corrected chi connectivity index (χ0v) is 7.12. The number of carbonyl (C=O) groups excluding carboxylic acids is 1. The first kappa shape index (κ1) is 9.88. The molecule has 1 rings (SSSR count). The molecule has 0 aliphatic heterocycles. The number of rotatable bonds is 2. The average Bonchev–Trinajstić information content (AvgIpc) is 2.21. The Morgan fingerprint density at radius 2 is 2.14 bits per heavy atom. The number of hydrogen-bond donors (Lipinski definition) is 0. The molecular weight excluding hydrogens is 183 g/mol. The molecule has 0 bridgehead atoms. The number of nitrogens with zero attached hydrogens (tertiary/aromatic N) is 2. The van der Waals surface area contributed by atoms with Gasteiger partial charge < -0.3 is 0 Å². The highest BCUT2D eigenvalue weighted by molar-refractivity contribution is 5.81. The number of aldehydes is 1. The van der Waals surface area contributed by atoms with Crippen molar-refractivity contribution in [2.75, 3.05) is 0 Å². The van der Waals surface area contributed by atoms with E-state index in [1.54, 1.807) is 12.1 Å². The molecule has 0 atom stereocenters. The molecule has 0 N–H and O–H groups in total. The van der Waals surface area contributed by atoms with Crippen molar-refractivity contribution in [3.05, 3.63) is 34.6 Å². The monoisotopic (exact) mass is 188 g/mol. The Kier molecular flexibility index (Phi) is 2.93. The van der Waals surface area contributed by atoms with Gasteiger partial charge in [-0.1, -0.05) is 0 Å². The molecule has 0 fully saturated rings. The van der Waals surface area contributed by atoms with Crippen LogP contribution in [0.3, 0.4) is 0 Å². The van der Waals surface area contributed by atoms with Crippen LogP contribution >= 0.6 is 0 Å². The summed E-state index contributed by atoms with van der Waals surface area (Å²) < 4.78 is 13.1. The van der Waals surface area contributed by atoms with Crippen LogP contribution in [0.25, 0.3) is 0 Å². The second-order valence-corrected chi connectivity index (χ2v) is 2.55. The first-order valence-corrected chi connectivity index (χ1v) is 3.78. The third kappa shape index (κ3) is 1.60. The van der Waals surface area contributed by atoms with E-state index in [1.165, 1.54) is 6.07 Å². The summed E-state index contributed by atoms with van der Waals surface area (Å²) in [5.74, 6) is -0.632. The van der Waals surface area contributed by atoms with Gasteiger partial charge >= 0.3 is 0 Å². The number of halogens is 1. The number of hydrogen-bond acceptors (Lipinski definition) is 3. The van der Waals surface area contributed by atoms with Crippen molar-refractivity contribution in [1.29, 1.82) is 10.5 Å².